The van der Waals surface area contributed by atoms with Crippen molar-refractivity contribution in [3.63, 3.8) is 0 Å². The molecule has 0 spiro atoms. The van der Waals surface area contributed by atoms with Crippen LogP contribution in [0.2, 0.25) is 0 Å². The number of hydrogen-bond donors (Lipinski definition) is 2. The van der Waals surface area contributed by atoms with Crippen LogP contribution in [0.15, 0.2) is 83.3 Å². The molecule has 0 fully saturated rings. The second-order valence-corrected chi connectivity index (χ2v) is 10.1. The quantitative estimate of drug-likeness (QED) is 0.222. The molecule has 4 rings (SSSR count). The predicted octanol–water partition coefficient (Wildman–Crippen LogP) is 7.19. The summed E-state index contributed by atoms with van der Waals surface area (Å²) >= 11 is 3.43. The van der Waals surface area contributed by atoms with E-state index < -0.39 is 0 Å². The Morgan fingerprint density at radius 2 is 1.68 bits per heavy atom. The fourth-order valence-electron chi connectivity index (χ4n) is 4.18. The maximum Gasteiger partial charge on any atom is 0.322 e. The van der Waals surface area contributed by atoms with E-state index in [4.69, 9.17) is 5.10 Å². The number of hydrogen-bond acceptors (Lipinski definition) is 3. The molecule has 0 bridgehead atoms. The highest BCUT2D eigenvalue weighted by Gasteiger charge is 2.23. The van der Waals surface area contributed by atoms with Crippen molar-refractivity contribution in [1.82, 2.24) is 14.7 Å². The molecular formula is C30H32BrN5O2. The zero-order valence-corrected chi connectivity index (χ0v) is 23.5. The molecule has 0 unspecified atom stereocenters. The van der Waals surface area contributed by atoms with Crippen molar-refractivity contribution in [3.05, 3.63) is 94.6 Å². The van der Waals surface area contributed by atoms with E-state index in [1.54, 1.807) is 9.58 Å². The first-order valence-electron chi connectivity index (χ1n) is 12.7. The monoisotopic (exact) mass is 573 g/mol. The average molecular weight is 575 g/mol. The van der Waals surface area contributed by atoms with Gasteiger partial charge in [0, 0.05) is 22.3 Å². The van der Waals surface area contributed by atoms with Gasteiger partial charge in [0.15, 0.2) is 0 Å². The largest absolute Gasteiger partial charge is 0.322 e. The molecule has 0 radical (unpaired) electrons. The molecule has 0 saturated heterocycles. The molecule has 7 nitrogen and oxygen atoms in total. The van der Waals surface area contributed by atoms with Gasteiger partial charge in [-0.15, -0.1) is 0 Å². The first-order chi connectivity index (χ1) is 18.4. The van der Waals surface area contributed by atoms with Crippen molar-refractivity contribution in [2.24, 2.45) is 0 Å². The highest BCUT2D eigenvalue weighted by Crippen LogP contribution is 2.33. The SMILES string of the molecule is CCCCN(CC(=O)Nc1c(-c2ccccc2)c(C)nn1-c1ccc(C)cc1)C(=O)Nc1cccc(Br)c1. The number of aromatic nitrogens is 2. The van der Waals surface area contributed by atoms with Crippen LogP contribution >= 0.6 is 15.9 Å². The van der Waals surface area contributed by atoms with Crippen LogP contribution in [0.1, 0.15) is 31.0 Å². The van der Waals surface area contributed by atoms with E-state index in [0.717, 1.165) is 45.4 Å². The second kappa shape index (κ2) is 12.6. The van der Waals surface area contributed by atoms with Crippen molar-refractivity contribution in [2.75, 3.05) is 23.7 Å². The second-order valence-electron chi connectivity index (χ2n) is 9.19. The smallest absolute Gasteiger partial charge is 0.315 e. The Labute approximate surface area is 232 Å². The van der Waals surface area contributed by atoms with Gasteiger partial charge in [0.05, 0.1) is 11.4 Å². The van der Waals surface area contributed by atoms with Crippen LogP contribution in [0.25, 0.3) is 16.8 Å². The number of nitrogens with zero attached hydrogens (tertiary/aromatic N) is 3. The van der Waals surface area contributed by atoms with E-state index in [-0.39, 0.29) is 18.5 Å². The van der Waals surface area contributed by atoms with Crippen LogP contribution in [0.4, 0.5) is 16.3 Å². The lowest BCUT2D eigenvalue weighted by Crippen LogP contribution is -2.41. The normalized spacial score (nSPS) is 10.7. The number of nitrogens with one attached hydrogen (secondary N) is 2. The van der Waals surface area contributed by atoms with Gasteiger partial charge < -0.3 is 15.5 Å². The Bertz CT molecular complexity index is 1400. The number of rotatable bonds is 9. The summed E-state index contributed by atoms with van der Waals surface area (Å²) in [5.41, 5.74) is 5.22. The van der Waals surface area contributed by atoms with Crippen molar-refractivity contribution in [2.45, 2.75) is 33.6 Å². The summed E-state index contributed by atoms with van der Waals surface area (Å²) in [6, 6.07) is 24.9. The van der Waals surface area contributed by atoms with Gasteiger partial charge in [0.1, 0.15) is 12.4 Å². The lowest BCUT2D eigenvalue weighted by atomic mass is 10.1. The van der Waals surface area contributed by atoms with E-state index in [2.05, 4.69) is 33.5 Å². The van der Waals surface area contributed by atoms with Gasteiger partial charge in [-0.25, -0.2) is 9.48 Å². The van der Waals surface area contributed by atoms with Gasteiger partial charge in [-0.3, -0.25) is 4.79 Å². The van der Waals surface area contributed by atoms with E-state index >= 15 is 0 Å². The number of unbranched alkanes of at least 4 members (excludes halogenated alkanes) is 1. The highest BCUT2D eigenvalue weighted by molar-refractivity contribution is 9.10. The Balaban J connectivity index is 1.62. The number of benzene rings is 3. The molecule has 3 aromatic carbocycles. The molecule has 1 aromatic heterocycles. The third-order valence-electron chi connectivity index (χ3n) is 6.14. The fraction of sp³-hybridized carbons (Fsp3) is 0.233. The van der Waals surface area contributed by atoms with Crippen LogP contribution < -0.4 is 10.6 Å². The van der Waals surface area contributed by atoms with E-state index in [9.17, 15) is 9.59 Å². The molecule has 0 aliphatic carbocycles. The minimum Gasteiger partial charge on any atom is -0.315 e. The molecule has 0 aliphatic rings. The number of amides is 3. The summed E-state index contributed by atoms with van der Waals surface area (Å²) in [6.07, 6.45) is 1.69. The molecule has 38 heavy (non-hydrogen) atoms. The third-order valence-corrected chi connectivity index (χ3v) is 6.63. The molecule has 0 saturated carbocycles. The summed E-state index contributed by atoms with van der Waals surface area (Å²) < 4.78 is 2.62. The Morgan fingerprint density at radius 3 is 2.37 bits per heavy atom. The molecule has 196 valence electrons. The van der Waals surface area contributed by atoms with Gasteiger partial charge >= 0.3 is 6.03 Å². The van der Waals surface area contributed by atoms with Crippen molar-refractivity contribution >= 4 is 39.4 Å². The fourth-order valence-corrected chi connectivity index (χ4v) is 4.58. The van der Waals surface area contributed by atoms with Gasteiger partial charge in [0.25, 0.3) is 0 Å². The molecule has 3 amide bonds. The predicted molar refractivity (Wildman–Crippen MR) is 157 cm³/mol. The number of anilines is 2. The Kier molecular flexibility index (Phi) is 8.97. The maximum atomic E-state index is 13.4. The van der Waals surface area contributed by atoms with Crippen molar-refractivity contribution < 1.29 is 9.59 Å². The van der Waals surface area contributed by atoms with Crippen LogP contribution in [0.5, 0.6) is 0 Å². The zero-order chi connectivity index (χ0) is 27.1. The number of aryl methyl sites for hydroxylation is 2. The van der Waals surface area contributed by atoms with Crippen molar-refractivity contribution in [3.8, 4) is 16.8 Å². The van der Waals surface area contributed by atoms with Crippen LogP contribution in [-0.4, -0.2) is 39.7 Å². The minimum atomic E-state index is -0.321. The lowest BCUT2D eigenvalue weighted by Gasteiger charge is -2.23. The topological polar surface area (TPSA) is 79.3 Å². The first kappa shape index (κ1) is 27.1. The molecule has 4 aromatic rings. The third kappa shape index (κ3) is 6.69. The lowest BCUT2D eigenvalue weighted by molar-refractivity contribution is -0.116. The number of halogens is 1. The van der Waals surface area contributed by atoms with Crippen LogP contribution in [0, 0.1) is 13.8 Å². The van der Waals surface area contributed by atoms with E-state index in [1.165, 1.54) is 0 Å². The first-order valence-corrected chi connectivity index (χ1v) is 13.5. The van der Waals surface area contributed by atoms with Crippen molar-refractivity contribution in [1.29, 1.82) is 0 Å². The van der Waals surface area contributed by atoms with Gasteiger partial charge in [-0.2, -0.15) is 5.10 Å². The van der Waals surface area contributed by atoms with Gasteiger partial charge in [0.2, 0.25) is 5.91 Å². The average Bonchev–Trinajstić information content (AvgIpc) is 3.22. The Morgan fingerprint density at radius 1 is 0.947 bits per heavy atom. The maximum absolute atomic E-state index is 13.4. The standard InChI is InChI=1S/C30H32BrN5O2/c1-4-5-18-35(30(38)32-25-13-9-12-24(31)19-25)20-27(37)33-29-28(23-10-7-6-8-11-23)22(3)34-36(29)26-16-14-21(2)15-17-26/h6-17,19H,4-5,18,20H2,1-3H3,(H,32,38)(H,33,37). The van der Waals surface area contributed by atoms with Gasteiger partial charge in [-0.1, -0.05) is 83.4 Å². The molecular weight excluding hydrogens is 542 g/mol. The molecule has 8 heteroatoms. The van der Waals surface area contributed by atoms with Crippen LogP contribution in [-0.2, 0) is 4.79 Å². The van der Waals surface area contributed by atoms with Crippen LogP contribution in [0.3, 0.4) is 0 Å². The molecule has 0 aliphatic heterocycles. The summed E-state index contributed by atoms with van der Waals surface area (Å²) in [5, 5.41) is 10.8. The molecule has 2 N–H and O–H groups in total. The van der Waals surface area contributed by atoms with Gasteiger partial charge in [-0.05, 0) is 56.2 Å². The summed E-state index contributed by atoms with van der Waals surface area (Å²) in [5.74, 6) is 0.279. The molecule has 1 heterocycles. The highest BCUT2D eigenvalue weighted by atomic mass is 79.9. The Hall–Kier alpha value is -3.91. The number of carbonyl (C=O) groups excluding carboxylic acids is 2. The number of carbonyl (C=O) groups is 2. The zero-order valence-electron chi connectivity index (χ0n) is 21.9. The summed E-state index contributed by atoms with van der Waals surface area (Å²) in [7, 11) is 0. The van der Waals surface area contributed by atoms with E-state index in [0.29, 0.717) is 18.1 Å². The summed E-state index contributed by atoms with van der Waals surface area (Å²) in [4.78, 5) is 28.1. The summed E-state index contributed by atoms with van der Waals surface area (Å²) in [6.45, 7) is 6.39. The van der Waals surface area contributed by atoms with E-state index in [1.807, 2.05) is 92.7 Å². The number of urea groups is 1. The molecule has 0 atom stereocenters. The minimum absolute atomic E-state index is 0.0911.